The molecule has 1 saturated carbocycles. The van der Waals surface area contributed by atoms with E-state index in [2.05, 4.69) is 9.97 Å². The molecule has 2 aromatic heterocycles. The second kappa shape index (κ2) is 7.60. The molecule has 6 rings (SSSR count). The van der Waals surface area contributed by atoms with E-state index in [9.17, 15) is 14.6 Å². The van der Waals surface area contributed by atoms with Gasteiger partial charge >= 0.3 is 0 Å². The molecule has 3 aromatic rings. The number of hydrogen-bond donors (Lipinski definition) is 3. The smallest absolute Gasteiger partial charge is 0.151 e. The standard InChI is InChI=1S/C24H25FN2O5/c25-16-8-18-17(27-21(16)13-1-3-14(4-2-13)24(12-28)5-6-24)7-15(26-18)9-30-20-11-32-22-19(29)10-31-23(20)22/h1-4,7-8,19-20,22-23,26,28-29H,5-6,9-12H2/t19-,20-,22-,23-/m1/s1. The van der Waals surface area contributed by atoms with Gasteiger partial charge in [0.25, 0.3) is 0 Å². The van der Waals surface area contributed by atoms with Gasteiger partial charge in [-0.1, -0.05) is 24.3 Å². The number of halogens is 1. The molecule has 8 heteroatoms. The van der Waals surface area contributed by atoms with E-state index in [1.54, 1.807) is 0 Å². The van der Waals surface area contributed by atoms with Crippen molar-refractivity contribution in [2.75, 3.05) is 19.8 Å². The molecule has 2 aliphatic heterocycles. The summed E-state index contributed by atoms with van der Waals surface area (Å²) >= 11 is 0. The van der Waals surface area contributed by atoms with Crippen molar-refractivity contribution in [1.29, 1.82) is 0 Å². The number of aromatic amines is 1. The van der Waals surface area contributed by atoms with Gasteiger partial charge < -0.3 is 29.4 Å². The summed E-state index contributed by atoms with van der Waals surface area (Å²) in [6.45, 7) is 1.05. The number of nitrogens with one attached hydrogen (secondary N) is 1. The second-order valence-electron chi connectivity index (χ2n) is 9.07. The van der Waals surface area contributed by atoms with Gasteiger partial charge in [0.2, 0.25) is 0 Å². The number of fused-ring (bicyclic) bond motifs is 2. The molecule has 0 bridgehead atoms. The molecule has 168 valence electrons. The van der Waals surface area contributed by atoms with Gasteiger partial charge in [-0.2, -0.15) is 0 Å². The summed E-state index contributed by atoms with van der Waals surface area (Å²) in [5.41, 5.74) is 4.01. The first-order chi connectivity index (χ1) is 15.6. The first-order valence-electron chi connectivity index (χ1n) is 11.0. The summed E-state index contributed by atoms with van der Waals surface area (Å²) in [7, 11) is 0. The van der Waals surface area contributed by atoms with Crippen molar-refractivity contribution >= 4 is 11.0 Å². The van der Waals surface area contributed by atoms with Gasteiger partial charge in [0.15, 0.2) is 5.82 Å². The summed E-state index contributed by atoms with van der Waals surface area (Å²) in [5, 5.41) is 19.5. The van der Waals surface area contributed by atoms with Gasteiger partial charge in [-0.25, -0.2) is 9.37 Å². The van der Waals surface area contributed by atoms with E-state index in [4.69, 9.17) is 14.2 Å². The quantitative estimate of drug-likeness (QED) is 0.545. The van der Waals surface area contributed by atoms with Crippen molar-refractivity contribution in [3.8, 4) is 11.3 Å². The average Bonchev–Trinajstić information content (AvgIpc) is 3.14. The number of benzene rings is 1. The van der Waals surface area contributed by atoms with Crippen LogP contribution in [0.1, 0.15) is 24.1 Å². The van der Waals surface area contributed by atoms with Crippen molar-refractivity contribution < 1.29 is 28.8 Å². The van der Waals surface area contributed by atoms with E-state index in [0.29, 0.717) is 28.9 Å². The Bertz CT molecular complexity index is 1140. The van der Waals surface area contributed by atoms with Gasteiger partial charge in [0.1, 0.15) is 30.1 Å². The lowest BCUT2D eigenvalue weighted by atomic mass is 9.95. The summed E-state index contributed by atoms with van der Waals surface area (Å²) in [6, 6.07) is 11.0. The van der Waals surface area contributed by atoms with Crippen molar-refractivity contribution in [2.24, 2.45) is 0 Å². The molecule has 0 spiro atoms. The molecule has 3 N–H and O–H groups in total. The molecular formula is C24H25FN2O5. The Balaban J connectivity index is 1.20. The lowest BCUT2D eigenvalue weighted by Gasteiger charge is -2.16. The van der Waals surface area contributed by atoms with Crippen LogP contribution < -0.4 is 0 Å². The molecule has 3 aliphatic rings. The Morgan fingerprint density at radius 1 is 1.12 bits per heavy atom. The van der Waals surface area contributed by atoms with Crippen LogP contribution in [0.2, 0.25) is 0 Å². The minimum atomic E-state index is -0.611. The summed E-state index contributed by atoms with van der Waals surface area (Å²) < 4.78 is 32.0. The maximum absolute atomic E-state index is 14.8. The number of hydrogen-bond acceptors (Lipinski definition) is 6. The highest BCUT2D eigenvalue weighted by atomic mass is 19.1. The Morgan fingerprint density at radius 2 is 1.91 bits per heavy atom. The van der Waals surface area contributed by atoms with E-state index in [1.165, 1.54) is 6.07 Å². The molecule has 1 aliphatic carbocycles. The summed E-state index contributed by atoms with van der Waals surface area (Å²) in [5.74, 6) is -0.400. The van der Waals surface area contributed by atoms with Crippen LogP contribution in [0.5, 0.6) is 0 Å². The van der Waals surface area contributed by atoms with E-state index in [1.807, 2.05) is 30.3 Å². The fourth-order valence-corrected chi connectivity index (χ4v) is 4.82. The molecule has 0 unspecified atom stereocenters. The van der Waals surface area contributed by atoms with Gasteiger partial charge in [-0.15, -0.1) is 0 Å². The largest absolute Gasteiger partial charge is 0.395 e. The van der Waals surface area contributed by atoms with Gasteiger partial charge in [0, 0.05) is 22.7 Å². The van der Waals surface area contributed by atoms with Crippen LogP contribution in [0.3, 0.4) is 0 Å². The van der Waals surface area contributed by atoms with Crippen LogP contribution in [-0.2, 0) is 26.2 Å². The zero-order valence-corrected chi connectivity index (χ0v) is 17.5. The Labute approximate surface area is 184 Å². The number of rotatable bonds is 6. The maximum Gasteiger partial charge on any atom is 0.151 e. The van der Waals surface area contributed by atoms with Crippen molar-refractivity contribution in [3.63, 3.8) is 0 Å². The third-order valence-electron chi connectivity index (χ3n) is 6.97. The first kappa shape index (κ1) is 20.3. The number of aliphatic hydroxyl groups excluding tert-OH is 2. The lowest BCUT2D eigenvalue weighted by molar-refractivity contribution is -0.0446. The fraction of sp³-hybridized carbons (Fsp3) is 0.458. The normalized spacial score (nSPS) is 28.3. The van der Waals surface area contributed by atoms with Gasteiger partial charge in [-0.3, -0.25) is 0 Å². The van der Waals surface area contributed by atoms with Crippen LogP contribution >= 0.6 is 0 Å². The highest BCUT2D eigenvalue weighted by Gasteiger charge is 2.47. The highest BCUT2D eigenvalue weighted by molar-refractivity contribution is 5.80. The molecule has 0 amide bonds. The third-order valence-corrected chi connectivity index (χ3v) is 6.97. The Hall–Kier alpha value is -2.36. The molecule has 4 heterocycles. The Morgan fingerprint density at radius 3 is 2.66 bits per heavy atom. The van der Waals surface area contributed by atoms with Crippen molar-refractivity contribution in [2.45, 2.75) is 49.3 Å². The van der Waals surface area contributed by atoms with Crippen molar-refractivity contribution in [1.82, 2.24) is 9.97 Å². The monoisotopic (exact) mass is 440 g/mol. The summed E-state index contributed by atoms with van der Waals surface area (Å²) in [6.07, 6.45) is 0.503. The average molecular weight is 440 g/mol. The van der Waals surface area contributed by atoms with Crippen LogP contribution in [0.15, 0.2) is 36.4 Å². The Kier molecular flexibility index (Phi) is 4.81. The molecule has 4 atom stereocenters. The van der Waals surface area contributed by atoms with Crippen LogP contribution in [-0.4, -0.2) is 64.4 Å². The third kappa shape index (κ3) is 3.34. The molecule has 3 fully saturated rings. The van der Waals surface area contributed by atoms with Gasteiger partial charge in [-0.05, 0) is 24.5 Å². The number of ether oxygens (including phenoxy) is 3. The number of aliphatic hydroxyl groups is 2. The minimum absolute atomic E-state index is 0.115. The SMILES string of the molecule is OCC1(c2ccc(-c3nc4cc(CO[C@@H]5CO[C@H]6[C@@H]5OC[C@H]6O)[nH]c4cc3F)cc2)CC1. The molecule has 32 heavy (non-hydrogen) atoms. The van der Waals surface area contributed by atoms with E-state index in [0.717, 1.165) is 24.1 Å². The molecular weight excluding hydrogens is 415 g/mol. The molecule has 7 nitrogen and oxygen atoms in total. The number of nitrogens with zero attached hydrogens (tertiary/aromatic N) is 1. The molecule has 1 aromatic carbocycles. The fourth-order valence-electron chi connectivity index (χ4n) is 4.82. The zero-order chi connectivity index (χ0) is 21.9. The molecule has 2 saturated heterocycles. The lowest BCUT2D eigenvalue weighted by Crippen LogP contribution is -2.32. The van der Waals surface area contributed by atoms with Crippen LogP contribution in [0, 0.1) is 5.82 Å². The molecule has 0 radical (unpaired) electrons. The zero-order valence-electron chi connectivity index (χ0n) is 17.5. The summed E-state index contributed by atoms with van der Waals surface area (Å²) in [4.78, 5) is 7.71. The topological polar surface area (TPSA) is 96.8 Å². The first-order valence-corrected chi connectivity index (χ1v) is 11.0. The van der Waals surface area contributed by atoms with Crippen LogP contribution in [0.25, 0.3) is 22.3 Å². The highest BCUT2D eigenvalue weighted by Crippen LogP contribution is 2.47. The van der Waals surface area contributed by atoms with Gasteiger partial charge in [0.05, 0.1) is 37.5 Å². The predicted octanol–water partition coefficient (Wildman–Crippen LogP) is 2.44. The minimum Gasteiger partial charge on any atom is -0.395 e. The number of aromatic nitrogens is 2. The maximum atomic E-state index is 14.8. The van der Waals surface area contributed by atoms with E-state index in [-0.39, 0.29) is 43.5 Å². The number of pyridine rings is 1. The van der Waals surface area contributed by atoms with Crippen molar-refractivity contribution in [3.05, 3.63) is 53.5 Å². The van der Waals surface area contributed by atoms with E-state index >= 15 is 0 Å². The van der Waals surface area contributed by atoms with Crippen LogP contribution in [0.4, 0.5) is 4.39 Å². The van der Waals surface area contributed by atoms with E-state index < -0.39 is 11.9 Å². The number of H-pyrrole nitrogens is 1. The second-order valence-corrected chi connectivity index (χ2v) is 9.07. The predicted molar refractivity (Wildman–Crippen MR) is 114 cm³/mol.